The molecule has 0 amide bonds. The van der Waals surface area contributed by atoms with E-state index in [-0.39, 0.29) is 0 Å². The van der Waals surface area contributed by atoms with Crippen LogP contribution in [0.25, 0.3) is 0 Å². The maximum absolute atomic E-state index is 8.22. The average molecular weight is 143 g/mol. The van der Waals surface area contributed by atoms with E-state index in [9.17, 15) is 0 Å². The molecule has 0 bridgehead atoms. The minimum atomic E-state index is -0.668. The maximum atomic E-state index is 8.22. The molecule has 1 N–H and O–H groups in total. The largest absolute Gasteiger partial charge is 0.411 e. The minimum Gasteiger partial charge on any atom is -0.411 e. The van der Waals surface area contributed by atoms with E-state index in [2.05, 4.69) is 5.16 Å². The van der Waals surface area contributed by atoms with Crippen molar-refractivity contribution in [1.29, 1.82) is 0 Å². The molecular formula is C6H13NOSi. The predicted molar refractivity (Wildman–Crippen MR) is 40.9 cm³/mol. The quantitative estimate of drug-likeness (QED) is 0.256. The van der Waals surface area contributed by atoms with Crippen molar-refractivity contribution in [2.75, 3.05) is 0 Å². The van der Waals surface area contributed by atoms with Gasteiger partial charge in [-0.25, -0.2) is 0 Å². The van der Waals surface area contributed by atoms with Gasteiger partial charge in [-0.15, -0.1) is 5.16 Å². The first kappa shape index (κ1) is 6.80. The van der Waals surface area contributed by atoms with Crippen molar-refractivity contribution < 1.29 is 5.21 Å². The van der Waals surface area contributed by atoms with Crippen molar-refractivity contribution in [3.05, 3.63) is 0 Å². The van der Waals surface area contributed by atoms with Crippen molar-refractivity contribution in [1.82, 2.24) is 0 Å². The Balaban J connectivity index is 2.23. The lowest BCUT2D eigenvalue weighted by atomic mass is 10.3. The van der Waals surface area contributed by atoms with Crippen LogP contribution in [0.15, 0.2) is 5.16 Å². The van der Waals surface area contributed by atoms with Crippen LogP contribution in [0.2, 0.25) is 12.1 Å². The van der Waals surface area contributed by atoms with E-state index >= 15 is 0 Å². The van der Waals surface area contributed by atoms with Gasteiger partial charge in [-0.1, -0.05) is 31.4 Å². The van der Waals surface area contributed by atoms with E-state index in [1.54, 1.807) is 5.84 Å². The average Bonchev–Trinajstić information content (AvgIpc) is 1.91. The highest BCUT2D eigenvalue weighted by molar-refractivity contribution is 6.85. The van der Waals surface area contributed by atoms with Crippen LogP contribution < -0.4 is 0 Å². The first-order valence-electron chi connectivity index (χ1n) is 3.61. The summed E-state index contributed by atoms with van der Waals surface area (Å²) >= 11 is 0. The van der Waals surface area contributed by atoms with Crippen LogP contribution in [-0.2, 0) is 0 Å². The van der Waals surface area contributed by atoms with Crippen LogP contribution in [0.3, 0.4) is 0 Å². The summed E-state index contributed by atoms with van der Waals surface area (Å²) in [5, 5.41) is 11.3. The molecule has 0 aromatic rings. The van der Waals surface area contributed by atoms with Gasteiger partial charge in [-0.2, -0.15) is 0 Å². The first-order chi connectivity index (χ1) is 4.43. The molecule has 2 nitrogen and oxygen atoms in total. The van der Waals surface area contributed by atoms with Crippen molar-refractivity contribution >= 4 is 14.6 Å². The van der Waals surface area contributed by atoms with Crippen LogP contribution in [-0.4, -0.2) is 19.8 Å². The normalized spacial score (nSPS) is 23.1. The summed E-state index contributed by atoms with van der Waals surface area (Å²) in [7, 11) is -0.668. The fourth-order valence-corrected chi connectivity index (χ4v) is 3.78. The maximum Gasteiger partial charge on any atom is 0.0894 e. The lowest BCUT2D eigenvalue weighted by Crippen LogP contribution is -2.17. The van der Waals surface area contributed by atoms with Gasteiger partial charge < -0.3 is 5.21 Å². The molecule has 0 unspecified atom stereocenters. The van der Waals surface area contributed by atoms with Crippen molar-refractivity contribution in [2.24, 2.45) is 5.16 Å². The smallest absolute Gasteiger partial charge is 0.0894 e. The Kier molecular flexibility index (Phi) is 2.77. The van der Waals surface area contributed by atoms with Gasteiger partial charge in [0.25, 0.3) is 0 Å². The standard InChI is InChI=1S/C6H13NOSi/c8-7-6-9-4-2-1-3-5-9/h6,8-9H,1-5H2. The molecule has 0 aliphatic carbocycles. The highest BCUT2D eigenvalue weighted by atomic mass is 28.3. The molecule has 9 heavy (non-hydrogen) atoms. The molecule has 0 saturated carbocycles. The number of nitrogens with zero attached hydrogens (tertiary/aromatic N) is 1. The Hall–Kier alpha value is -0.313. The summed E-state index contributed by atoms with van der Waals surface area (Å²) in [5.74, 6) is 1.80. The molecule has 0 spiro atoms. The SMILES string of the molecule is ON=C[SiH]1CCCCC1. The lowest BCUT2D eigenvalue weighted by molar-refractivity contribution is 0.322. The second-order valence-electron chi connectivity index (χ2n) is 2.66. The highest BCUT2D eigenvalue weighted by Gasteiger charge is 2.12. The van der Waals surface area contributed by atoms with Gasteiger partial charge in [0, 0.05) is 5.84 Å². The Bertz CT molecular complexity index is 99.2. The summed E-state index contributed by atoms with van der Waals surface area (Å²) in [4.78, 5) is 0. The monoisotopic (exact) mass is 143 g/mol. The molecule has 1 fully saturated rings. The molecule has 0 aromatic heterocycles. The molecule has 1 saturated heterocycles. The zero-order chi connectivity index (χ0) is 6.53. The summed E-state index contributed by atoms with van der Waals surface area (Å²) in [6, 6.07) is 2.70. The lowest BCUT2D eigenvalue weighted by Gasteiger charge is -2.14. The van der Waals surface area contributed by atoms with Crippen LogP contribution >= 0.6 is 0 Å². The van der Waals surface area contributed by atoms with Gasteiger partial charge in [0.2, 0.25) is 0 Å². The minimum absolute atomic E-state index is 0.668. The van der Waals surface area contributed by atoms with Gasteiger partial charge in [0.05, 0.1) is 8.80 Å². The molecule has 3 heteroatoms. The van der Waals surface area contributed by atoms with E-state index < -0.39 is 8.80 Å². The molecule has 1 heterocycles. The number of hydrogen-bond donors (Lipinski definition) is 1. The van der Waals surface area contributed by atoms with E-state index in [0.29, 0.717) is 0 Å². The molecule has 1 aliphatic heterocycles. The number of oxime groups is 1. The second kappa shape index (κ2) is 3.66. The Morgan fingerprint density at radius 1 is 1.22 bits per heavy atom. The van der Waals surface area contributed by atoms with E-state index in [1.165, 1.54) is 31.4 Å². The van der Waals surface area contributed by atoms with Gasteiger partial charge in [-0.05, 0) is 0 Å². The van der Waals surface area contributed by atoms with Crippen LogP contribution in [0, 0.1) is 0 Å². The third-order valence-electron chi connectivity index (χ3n) is 1.93. The van der Waals surface area contributed by atoms with Gasteiger partial charge in [-0.3, -0.25) is 0 Å². The number of hydrogen-bond acceptors (Lipinski definition) is 2. The highest BCUT2D eigenvalue weighted by Crippen LogP contribution is 2.16. The molecule has 0 radical (unpaired) electrons. The molecule has 0 aromatic carbocycles. The zero-order valence-electron chi connectivity index (χ0n) is 5.58. The van der Waals surface area contributed by atoms with Crippen molar-refractivity contribution in [3.8, 4) is 0 Å². The summed E-state index contributed by atoms with van der Waals surface area (Å²) in [5.41, 5.74) is 0. The first-order valence-corrected chi connectivity index (χ1v) is 5.91. The topological polar surface area (TPSA) is 32.6 Å². The molecule has 1 aliphatic rings. The predicted octanol–water partition coefficient (Wildman–Crippen LogP) is 1.40. The second-order valence-corrected chi connectivity index (χ2v) is 5.64. The van der Waals surface area contributed by atoms with E-state index in [4.69, 9.17) is 5.21 Å². The molecule has 0 atom stereocenters. The fourth-order valence-electron chi connectivity index (χ4n) is 1.38. The van der Waals surface area contributed by atoms with Gasteiger partial charge in [0.15, 0.2) is 0 Å². The molecule has 1 rings (SSSR count). The summed E-state index contributed by atoms with van der Waals surface area (Å²) in [6.45, 7) is 0. The van der Waals surface area contributed by atoms with E-state index in [0.717, 1.165) is 0 Å². The van der Waals surface area contributed by atoms with Gasteiger partial charge >= 0.3 is 0 Å². The van der Waals surface area contributed by atoms with Crippen LogP contribution in [0.5, 0.6) is 0 Å². The molecule has 52 valence electrons. The Morgan fingerprint density at radius 2 is 1.89 bits per heavy atom. The third kappa shape index (κ3) is 2.18. The Labute approximate surface area is 57.2 Å². The van der Waals surface area contributed by atoms with Crippen LogP contribution in [0.1, 0.15) is 19.3 Å². The van der Waals surface area contributed by atoms with Crippen LogP contribution in [0.4, 0.5) is 0 Å². The Morgan fingerprint density at radius 3 is 2.44 bits per heavy atom. The summed E-state index contributed by atoms with van der Waals surface area (Å²) < 4.78 is 0. The van der Waals surface area contributed by atoms with Gasteiger partial charge in [0.1, 0.15) is 0 Å². The van der Waals surface area contributed by atoms with Crippen molar-refractivity contribution in [3.63, 3.8) is 0 Å². The fraction of sp³-hybridized carbons (Fsp3) is 0.833. The third-order valence-corrected chi connectivity index (χ3v) is 4.78. The number of rotatable bonds is 1. The van der Waals surface area contributed by atoms with E-state index in [1.807, 2.05) is 0 Å². The van der Waals surface area contributed by atoms with Crippen molar-refractivity contribution in [2.45, 2.75) is 31.4 Å². The molecular weight excluding hydrogens is 130 g/mol. The summed E-state index contributed by atoms with van der Waals surface area (Å²) in [6.07, 6.45) is 4.12. The zero-order valence-corrected chi connectivity index (χ0v) is 6.74.